The molecule has 1 unspecified atom stereocenters. The predicted molar refractivity (Wildman–Crippen MR) is 118 cm³/mol. The zero-order valence-corrected chi connectivity index (χ0v) is 18.5. The highest BCUT2D eigenvalue weighted by Gasteiger charge is 2.35. The number of primary sulfonamides is 1. The maximum atomic E-state index is 12.6. The largest absolute Gasteiger partial charge is 0.351 e. The number of nitrogens with one attached hydrogen (secondary N) is 1. The summed E-state index contributed by atoms with van der Waals surface area (Å²) in [7, 11) is -3.70. The molecule has 7 heteroatoms. The number of nitrogens with zero attached hydrogens (tertiary/aromatic N) is 1. The Labute approximate surface area is 179 Å². The van der Waals surface area contributed by atoms with E-state index in [4.69, 9.17) is 5.14 Å². The number of hydrogen-bond donors (Lipinski definition) is 2. The second-order valence-corrected chi connectivity index (χ2v) is 9.68. The normalized spacial score (nSPS) is 15.2. The third-order valence-corrected chi connectivity index (χ3v) is 6.62. The number of likely N-dealkylation sites (N-methyl/N-ethyl adjacent to an activating group) is 1. The van der Waals surface area contributed by atoms with Crippen LogP contribution in [0.25, 0.3) is 0 Å². The van der Waals surface area contributed by atoms with Crippen molar-refractivity contribution in [3.05, 3.63) is 65.2 Å². The van der Waals surface area contributed by atoms with E-state index in [1.54, 1.807) is 12.1 Å². The maximum absolute atomic E-state index is 12.6. The van der Waals surface area contributed by atoms with E-state index in [0.29, 0.717) is 25.0 Å². The summed E-state index contributed by atoms with van der Waals surface area (Å²) in [6.45, 7) is 5.73. The summed E-state index contributed by atoms with van der Waals surface area (Å²) >= 11 is 0. The fourth-order valence-corrected chi connectivity index (χ4v) is 4.26. The molecule has 30 heavy (non-hydrogen) atoms. The summed E-state index contributed by atoms with van der Waals surface area (Å²) in [5.74, 6) is 0.631. The van der Waals surface area contributed by atoms with Gasteiger partial charge in [0.2, 0.25) is 15.9 Å². The zero-order valence-electron chi connectivity index (χ0n) is 17.7. The molecule has 0 spiro atoms. The topological polar surface area (TPSA) is 92.5 Å². The van der Waals surface area contributed by atoms with Gasteiger partial charge in [-0.15, -0.1) is 0 Å². The molecule has 0 radical (unpaired) electrons. The van der Waals surface area contributed by atoms with Crippen LogP contribution >= 0.6 is 0 Å². The Morgan fingerprint density at radius 3 is 2.23 bits per heavy atom. The molecule has 1 aliphatic rings. The first-order chi connectivity index (χ1) is 14.3. The molecule has 0 heterocycles. The number of carbonyl (C=O) groups excluding carboxylic acids is 1. The predicted octanol–water partition coefficient (Wildman–Crippen LogP) is 2.60. The van der Waals surface area contributed by atoms with Gasteiger partial charge in [-0.1, -0.05) is 48.9 Å². The molecule has 3 rings (SSSR count). The van der Waals surface area contributed by atoms with Crippen molar-refractivity contribution < 1.29 is 13.2 Å². The Morgan fingerprint density at radius 1 is 1.10 bits per heavy atom. The standard InChI is InChI=1S/C23H31N3O3S/c1-3-26(22(20-10-11-20)14-18-6-4-17(2)5-7-18)16-23(27)25-15-19-8-12-21(13-9-19)30(24,28)29/h4-9,12-13,20,22H,3,10-11,14-16H2,1-2H3,(H,25,27)(H2,24,28,29). The summed E-state index contributed by atoms with van der Waals surface area (Å²) in [6, 6.07) is 15.3. The quantitative estimate of drug-likeness (QED) is 0.607. The van der Waals surface area contributed by atoms with Gasteiger partial charge in [0.1, 0.15) is 0 Å². The number of sulfonamides is 1. The van der Waals surface area contributed by atoms with Gasteiger partial charge in [0, 0.05) is 12.6 Å². The first-order valence-corrected chi connectivity index (χ1v) is 12.0. The fraction of sp³-hybridized carbons (Fsp3) is 0.435. The zero-order chi connectivity index (χ0) is 21.7. The Morgan fingerprint density at radius 2 is 1.70 bits per heavy atom. The van der Waals surface area contributed by atoms with Crippen LogP contribution in [0.4, 0.5) is 0 Å². The SMILES string of the molecule is CCN(CC(=O)NCc1ccc(S(N)(=O)=O)cc1)C(Cc1ccc(C)cc1)C1CC1. The lowest BCUT2D eigenvalue weighted by atomic mass is 9.99. The molecular formula is C23H31N3O3S. The van der Waals surface area contributed by atoms with Gasteiger partial charge in [0.15, 0.2) is 0 Å². The van der Waals surface area contributed by atoms with Crippen LogP contribution in [0.2, 0.25) is 0 Å². The Bertz CT molecular complexity index is 952. The molecule has 0 saturated heterocycles. The monoisotopic (exact) mass is 429 g/mol. The molecule has 3 N–H and O–H groups in total. The van der Waals surface area contributed by atoms with Gasteiger partial charge in [-0.05, 0) is 61.9 Å². The summed E-state index contributed by atoms with van der Waals surface area (Å²) in [4.78, 5) is 14.9. The van der Waals surface area contributed by atoms with Gasteiger partial charge >= 0.3 is 0 Å². The fourth-order valence-electron chi connectivity index (χ4n) is 3.74. The van der Waals surface area contributed by atoms with Crippen LogP contribution in [-0.2, 0) is 27.8 Å². The van der Waals surface area contributed by atoms with Gasteiger partial charge < -0.3 is 5.32 Å². The molecule has 2 aromatic rings. The molecule has 1 amide bonds. The molecule has 0 aromatic heterocycles. The molecular weight excluding hydrogens is 398 g/mol. The molecule has 162 valence electrons. The third kappa shape index (κ3) is 6.39. The molecule has 6 nitrogen and oxygen atoms in total. The molecule has 1 aliphatic carbocycles. The summed E-state index contributed by atoms with van der Waals surface area (Å²) in [5, 5.41) is 8.06. The van der Waals surface area contributed by atoms with E-state index >= 15 is 0 Å². The van der Waals surface area contributed by atoms with E-state index in [-0.39, 0.29) is 10.8 Å². The number of amides is 1. The van der Waals surface area contributed by atoms with E-state index in [2.05, 4.69) is 48.3 Å². The van der Waals surface area contributed by atoms with Crippen molar-refractivity contribution in [2.45, 2.75) is 50.6 Å². The van der Waals surface area contributed by atoms with Crippen LogP contribution in [-0.4, -0.2) is 38.4 Å². The second kappa shape index (κ2) is 9.73. The van der Waals surface area contributed by atoms with E-state index in [0.717, 1.165) is 18.5 Å². The molecule has 1 saturated carbocycles. The summed E-state index contributed by atoms with van der Waals surface area (Å²) < 4.78 is 22.7. The highest BCUT2D eigenvalue weighted by atomic mass is 32.2. The first kappa shape index (κ1) is 22.5. The lowest BCUT2D eigenvalue weighted by Gasteiger charge is -2.30. The van der Waals surface area contributed by atoms with E-state index < -0.39 is 10.0 Å². The van der Waals surface area contributed by atoms with Crippen LogP contribution in [0.1, 0.15) is 36.5 Å². The van der Waals surface area contributed by atoms with Crippen molar-refractivity contribution in [2.24, 2.45) is 11.1 Å². The van der Waals surface area contributed by atoms with Gasteiger partial charge in [-0.25, -0.2) is 13.6 Å². The summed E-state index contributed by atoms with van der Waals surface area (Å²) in [5.41, 5.74) is 3.40. The lowest BCUT2D eigenvalue weighted by molar-refractivity contribution is -0.123. The lowest BCUT2D eigenvalue weighted by Crippen LogP contribution is -2.44. The molecule has 2 aromatic carbocycles. The first-order valence-electron chi connectivity index (χ1n) is 10.4. The molecule has 1 fully saturated rings. The minimum atomic E-state index is -3.70. The molecule has 0 bridgehead atoms. The number of carbonyl (C=O) groups is 1. The average molecular weight is 430 g/mol. The highest BCUT2D eigenvalue weighted by molar-refractivity contribution is 7.89. The van der Waals surface area contributed by atoms with E-state index in [1.165, 1.54) is 36.1 Å². The van der Waals surface area contributed by atoms with E-state index in [1.807, 2.05) is 0 Å². The number of nitrogens with two attached hydrogens (primary N) is 1. The Balaban J connectivity index is 1.56. The smallest absolute Gasteiger partial charge is 0.238 e. The van der Waals surface area contributed by atoms with Crippen molar-refractivity contribution >= 4 is 15.9 Å². The number of rotatable bonds is 10. The van der Waals surface area contributed by atoms with Crippen LogP contribution in [0.5, 0.6) is 0 Å². The van der Waals surface area contributed by atoms with Crippen LogP contribution in [0.3, 0.4) is 0 Å². The summed E-state index contributed by atoms with van der Waals surface area (Å²) in [6.07, 6.45) is 3.41. The average Bonchev–Trinajstić information content (AvgIpc) is 3.55. The third-order valence-electron chi connectivity index (χ3n) is 5.70. The van der Waals surface area contributed by atoms with Crippen molar-refractivity contribution in [2.75, 3.05) is 13.1 Å². The van der Waals surface area contributed by atoms with Gasteiger partial charge in [0.05, 0.1) is 11.4 Å². The maximum Gasteiger partial charge on any atom is 0.238 e. The van der Waals surface area contributed by atoms with Crippen LogP contribution in [0.15, 0.2) is 53.4 Å². The number of aryl methyl sites for hydroxylation is 1. The van der Waals surface area contributed by atoms with Crippen molar-refractivity contribution in [3.63, 3.8) is 0 Å². The van der Waals surface area contributed by atoms with Gasteiger partial charge in [0.25, 0.3) is 0 Å². The van der Waals surface area contributed by atoms with Gasteiger partial charge in [-0.3, -0.25) is 9.69 Å². The van der Waals surface area contributed by atoms with Gasteiger partial charge in [-0.2, -0.15) is 0 Å². The minimum absolute atomic E-state index is 0.0260. The number of benzene rings is 2. The Hall–Kier alpha value is -2.22. The van der Waals surface area contributed by atoms with Crippen LogP contribution in [0, 0.1) is 12.8 Å². The minimum Gasteiger partial charge on any atom is -0.351 e. The number of hydrogen-bond acceptors (Lipinski definition) is 4. The van der Waals surface area contributed by atoms with Crippen molar-refractivity contribution in [1.29, 1.82) is 0 Å². The Kier molecular flexibility index (Phi) is 7.28. The molecule has 0 aliphatic heterocycles. The van der Waals surface area contributed by atoms with E-state index in [9.17, 15) is 13.2 Å². The van der Waals surface area contributed by atoms with Crippen molar-refractivity contribution in [1.82, 2.24) is 10.2 Å². The second-order valence-electron chi connectivity index (χ2n) is 8.12. The van der Waals surface area contributed by atoms with Crippen LogP contribution < -0.4 is 10.5 Å². The molecule has 1 atom stereocenters. The highest BCUT2D eigenvalue weighted by Crippen LogP contribution is 2.37. The van der Waals surface area contributed by atoms with Crippen molar-refractivity contribution in [3.8, 4) is 0 Å².